The van der Waals surface area contributed by atoms with E-state index in [2.05, 4.69) is 10.2 Å². The summed E-state index contributed by atoms with van der Waals surface area (Å²) in [6, 6.07) is 11.8. The van der Waals surface area contributed by atoms with Crippen LogP contribution in [0.15, 0.2) is 47.9 Å². The van der Waals surface area contributed by atoms with E-state index in [0.717, 1.165) is 0 Å². The third-order valence-corrected chi connectivity index (χ3v) is 5.22. The summed E-state index contributed by atoms with van der Waals surface area (Å²) in [4.78, 5) is 10.9. The van der Waals surface area contributed by atoms with Crippen LogP contribution < -0.4 is 19.9 Å². The van der Waals surface area contributed by atoms with E-state index in [-0.39, 0.29) is 29.7 Å². The second-order valence-electron chi connectivity index (χ2n) is 7.05. The highest BCUT2D eigenvalue weighted by atomic mass is 16.6. The van der Waals surface area contributed by atoms with Crippen molar-refractivity contribution in [3.05, 3.63) is 69.1 Å². The molecule has 0 bridgehead atoms. The van der Waals surface area contributed by atoms with Crippen LogP contribution in [-0.2, 0) is 0 Å². The van der Waals surface area contributed by atoms with E-state index in [1.54, 1.807) is 38.3 Å². The van der Waals surface area contributed by atoms with Crippen LogP contribution in [0.2, 0.25) is 0 Å². The highest BCUT2D eigenvalue weighted by molar-refractivity contribution is 5.72. The molecular formula is C22H19N5O6. The molecule has 3 aromatic rings. The number of fused-ring (bicyclic) bond motifs is 1. The molecule has 0 spiro atoms. The fourth-order valence-corrected chi connectivity index (χ4v) is 3.74. The van der Waals surface area contributed by atoms with Crippen LogP contribution in [0.5, 0.6) is 23.1 Å². The summed E-state index contributed by atoms with van der Waals surface area (Å²) in [6.07, 6.45) is 0. The molecule has 0 unspecified atom stereocenters. The van der Waals surface area contributed by atoms with Crippen molar-refractivity contribution >= 4 is 5.69 Å². The van der Waals surface area contributed by atoms with E-state index in [4.69, 9.17) is 19.9 Å². The zero-order valence-corrected chi connectivity index (χ0v) is 17.7. The van der Waals surface area contributed by atoms with Gasteiger partial charge in [0.05, 0.1) is 35.8 Å². The summed E-state index contributed by atoms with van der Waals surface area (Å²) in [5.74, 6) is -0.936. The summed E-state index contributed by atoms with van der Waals surface area (Å²) < 4.78 is 16.2. The fourth-order valence-electron chi connectivity index (χ4n) is 3.74. The second kappa shape index (κ2) is 8.43. The van der Waals surface area contributed by atoms with Crippen LogP contribution in [0.25, 0.3) is 11.3 Å². The number of nitrogens with two attached hydrogens (primary N) is 1. The topological polar surface area (TPSA) is 170 Å². The lowest BCUT2D eigenvalue weighted by atomic mass is 9.82. The number of phenols is 1. The summed E-state index contributed by atoms with van der Waals surface area (Å²) in [7, 11) is 1.55. The summed E-state index contributed by atoms with van der Waals surface area (Å²) >= 11 is 0. The van der Waals surface area contributed by atoms with Crippen molar-refractivity contribution in [2.75, 3.05) is 13.7 Å². The smallest absolute Gasteiger partial charge is 0.314 e. The monoisotopic (exact) mass is 449 g/mol. The van der Waals surface area contributed by atoms with Gasteiger partial charge in [-0.15, -0.1) is 5.10 Å². The van der Waals surface area contributed by atoms with Crippen molar-refractivity contribution in [3.63, 3.8) is 0 Å². The highest BCUT2D eigenvalue weighted by Gasteiger charge is 2.37. The van der Waals surface area contributed by atoms with Crippen LogP contribution in [0.4, 0.5) is 5.69 Å². The van der Waals surface area contributed by atoms with E-state index < -0.39 is 22.3 Å². The molecule has 2 aromatic carbocycles. The first-order chi connectivity index (χ1) is 15.9. The summed E-state index contributed by atoms with van der Waals surface area (Å²) in [5, 5.41) is 38.9. The van der Waals surface area contributed by atoms with Gasteiger partial charge in [0.1, 0.15) is 17.4 Å². The maximum absolute atomic E-state index is 11.6. The molecule has 0 saturated heterocycles. The number of aromatic hydroxyl groups is 1. The number of methoxy groups -OCH3 is 1. The number of nitro benzene ring substituents is 1. The zero-order valence-electron chi connectivity index (χ0n) is 17.7. The number of nitrogens with one attached hydrogen (secondary N) is 1. The van der Waals surface area contributed by atoms with Crippen molar-refractivity contribution in [2.24, 2.45) is 5.73 Å². The van der Waals surface area contributed by atoms with Crippen molar-refractivity contribution in [1.29, 1.82) is 5.26 Å². The first-order valence-electron chi connectivity index (χ1n) is 9.83. The molecule has 1 aromatic heterocycles. The largest absolute Gasteiger partial charge is 0.500 e. The second-order valence-corrected chi connectivity index (χ2v) is 7.05. The Balaban J connectivity index is 1.97. The van der Waals surface area contributed by atoms with Crippen molar-refractivity contribution in [3.8, 4) is 40.5 Å². The number of ether oxygens (including phenoxy) is 3. The molecule has 1 atom stereocenters. The maximum atomic E-state index is 11.6. The van der Waals surface area contributed by atoms with Gasteiger partial charge in [-0.05, 0) is 42.8 Å². The number of benzene rings is 2. The van der Waals surface area contributed by atoms with Gasteiger partial charge in [-0.1, -0.05) is 0 Å². The Bertz CT molecular complexity index is 1310. The molecule has 11 nitrogen and oxygen atoms in total. The van der Waals surface area contributed by atoms with Gasteiger partial charge in [0.2, 0.25) is 17.5 Å². The lowest BCUT2D eigenvalue weighted by Gasteiger charge is -2.24. The van der Waals surface area contributed by atoms with E-state index in [0.29, 0.717) is 28.1 Å². The van der Waals surface area contributed by atoms with Crippen molar-refractivity contribution in [1.82, 2.24) is 10.2 Å². The predicted molar refractivity (Wildman–Crippen MR) is 116 cm³/mol. The minimum atomic E-state index is -0.867. The molecule has 0 saturated carbocycles. The van der Waals surface area contributed by atoms with Gasteiger partial charge in [0.15, 0.2) is 5.75 Å². The number of nitrogens with zero attached hydrogens (tertiary/aromatic N) is 3. The molecular weight excluding hydrogens is 430 g/mol. The Morgan fingerprint density at radius 1 is 1.36 bits per heavy atom. The first-order valence-corrected chi connectivity index (χ1v) is 9.83. The van der Waals surface area contributed by atoms with Gasteiger partial charge in [-0.25, -0.2) is 0 Å². The van der Waals surface area contributed by atoms with Crippen molar-refractivity contribution in [2.45, 2.75) is 12.8 Å². The van der Waals surface area contributed by atoms with Crippen molar-refractivity contribution < 1.29 is 24.2 Å². The van der Waals surface area contributed by atoms with Crippen LogP contribution in [0.3, 0.4) is 0 Å². The zero-order chi connectivity index (χ0) is 23.7. The Labute approximate surface area is 187 Å². The molecule has 0 amide bonds. The third-order valence-electron chi connectivity index (χ3n) is 5.22. The number of H-pyrrole nitrogens is 1. The summed E-state index contributed by atoms with van der Waals surface area (Å²) in [5.41, 5.74) is 7.50. The maximum Gasteiger partial charge on any atom is 0.314 e. The minimum Gasteiger partial charge on any atom is -0.500 e. The molecule has 4 N–H and O–H groups in total. The molecule has 168 valence electrons. The van der Waals surface area contributed by atoms with Gasteiger partial charge in [-0.3, -0.25) is 15.2 Å². The Morgan fingerprint density at radius 2 is 2.09 bits per heavy atom. The SMILES string of the molecule is CCOc1cc([C@H]2C(C#N)=C(N)Oc3n[nH]c(-c4ccc(OC)cc4)c32)cc([N+](=O)[O-])c1O. The first kappa shape index (κ1) is 21.5. The fraction of sp³-hybridized carbons (Fsp3) is 0.182. The molecule has 11 heteroatoms. The van der Waals surface area contributed by atoms with E-state index in [1.165, 1.54) is 12.1 Å². The molecule has 0 fully saturated rings. The van der Waals surface area contributed by atoms with Crippen LogP contribution in [0.1, 0.15) is 24.0 Å². The number of nitro groups is 1. The molecule has 2 heterocycles. The average molecular weight is 449 g/mol. The molecule has 0 radical (unpaired) electrons. The number of allylic oxidation sites excluding steroid dienone is 1. The minimum absolute atomic E-state index is 0.0427. The Morgan fingerprint density at radius 3 is 2.70 bits per heavy atom. The highest BCUT2D eigenvalue weighted by Crippen LogP contribution is 2.48. The number of rotatable bonds is 6. The quantitative estimate of drug-likeness (QED) is 0.377. The molecule has 1 aliphatic rings. The van der Waals surface area contributed by atoms with Crippen LogP contribution in [0, 0.1) is 21.4 Å². The number of aromatic amines is 1. The number of aromatic nitrogens is 2. The van der Waals surface area contributed by atoms with Gasteiger partial charge < -0.3 is 25.1 Å². The van der Waals surface area contributed by atoms with Crippen LogP contribution in [-0.4, -0.2) is 33.9 Å². The average Bonchev–Trinajstić information content (AvgIpc) is 3.22. The van der Waals surface area contributed by atoms with Gasteiger partial charge in [0, 0.05) is 11.6 Å². The molecule has 4 rings (SSSR count). The van der Waals surface area contributed by atoms with E-state index >= 15 is 0 Å². The standard InChI is InChI=1S/C22H19N5O6/c1-3-32-16-9-12(8-15(20(16)28)27(29)30)17-14(10-23)21(24)33-22-18(17)19(25-26-22)11-4-6-13(31-2)7-5-11/h4-9,17,28H,3,24H2,1-2H3,(H,25,26)/t17-/m0/s1. The van der Waals surface area contributed by atoms with Gasteiger partial charge in [0.25, 0.3) is 0 Å². The lowest BCUT2D eigenvalue weighted by molar-refractivity contribution is -0.386. The lowest BCUT2D eigenvalue weighted by Crippen LogP contribution is -2.21. The molecule has 0 aliphatic carbocycles. The van der Waals surface area contributed by atoms with Crippen LogP contribution >= 0.6 is 0 Å². The predicted octanol–water partition coefficient (Wildman–Crippen LogP) is 3.32. The number of hydrogen-bond donors (Lipinski definition) is 3. The Kier molecular flexibility index (Phi) is 5.49. The number of nitriles is 1. The Hall–Kier alpha value is -4.72. The van der Waals surface area contributed by atoms with E-state index in [1.807, 2.05) is 6.07 Å². The number of phenolic OH excluding ortho intramolecular Hbond substituents is 1. The van der Waals surface area contributed by atoms with Gasteiger partial charge >= 0.3 is 5.69 Å². The third kappa shape index (κ3) is 3.63. The number of hydrogen-bond acceptors (Lipinski definition) is 9. The van der Waals surface area contributed by atoms with E-state index in [9.17, 15) is 20.5 Å². The summed E-state index contributed by atoms with van der Waals surface area (Å²) in [6.45, 7) is 1.85. The van der Waals surface area contributed by atoms with Gasteiger partial charge in [-0.2, -0.15) is 5.26 Å². The normalized spacial score (nSPS) is 14.8. The molecule has 33 heavy (non-hydrogen) atoms. The molecule has 1 aliphatic heterocycles.